The zero-order chi connectivity index (χ0) is 13.9. The summed E-state index contributed by atoms with van der Waals surface area (Å²) >= 11 is 0. The largest absolute Gasteiger partial charge is 0.494 e. The van der Waals surface area contributed by atoms with Gasteiger partial charge in [0, 0.05) is 11.8 Å². The molecule has 0 fully saturated rings. The fourth-order valence-corrected chi connectivity index (χ4v) is 2.19. The number of carbonyl (C=O) groups is 1. The molecule has 0 saturated heterocycles. The fourth-order valence-electron chi connectivity index (χ4n) is 2.19. The predicted molar refractivity (Wildman–Crippen MR) is 78.2 cm³/mol. The second kappa shape index (κ2) is 5.13. The molecule has 0 bridgehead atoms. The van der Waals surface area contributed by atoms with E-state index in [1.54, 1.807) is 18.3 Å². The van der Waals surface area contributed by atoms with Crippen LogP contribution in [-0.4, -0.2) is 17.9 Å². The van der Waals surface area contributed by atoms with Crippen LogP contribution in [-0.2, 0) is 0 Å². The molecule has 98 valence electrons. The highest BCUT2D eigenvalue weighted by Crippen LogP contribution is 2.21. The van der Waals surface area contributed by atoms with E-state index in [9.17, 15) is 4.79 Å². The summed E-state index contributed by atoms with van der Waals surface area (Å²) in [5, 5.41) is 2.14. The lowest BCUT2D eigenvalue weighted by atomic mass is 10.0. The summed E-state index contributed by atoms with van der Waals surface area (Å²) in [6, 6.07) is 17.1. The summed E-state index contributed by atoms with van der Waals surface area (Å²) in [6.45, 7) is 0. The lowest BCUT2D eigenvalue weighted by molar-refractivity contribution is 0.103. The molecule has 0 amide bonds. The Labute approximate surface area is 116 Å². The van der Waals surface area contributed by atoms with E-state index in [2.05, 4.69) is 4.98 Å². The first-order valence-corrected chi connectivity index (χ1v) is 6.32. The number of carbonyl (C=O) groups excluding carboxylic acids is 1. The number of hydrogen-bond donors (Lipinski definition) is 0. The van der Waals surface area contributed by atoms with Crippen molar-refractivity contribution in [1.29, 1.82) is 0 Å². The summed E-state index contributed by atoms with van der Waals surface area (Å²) < 4.78 is 5.19. The third kappa shape index (κ3) is 2.14. The van der Waals surface area contributed by atoms with Gasteiger partial charge in [0.05, 0.1) is 7.11 Å². The normalized spacial score (nSPS) is 10.4. The SMILES string of the molecule is COc1cccnc1C(=O)c1ccc2ccccc2c1. The molecule has 0 radical (unpaired) electrons. The minimum Gasteiger partial charge on any atom is -0.494 e. The van der Waals surface area contributed by atoms with E-state index in [4.69, 9.17) is 4.74 Å². The van der Waals surface area contributed by atoms with E-state index in [0.29, 0.717) is 17.0 Å². The Morgan fingerprint density at radius 3 is 2.60 bits per heavy atom. The van der Waals surface area contributed by atoms with Gasteiger partial charge in [-0.1, -0.05) is 36.4 Å². The second-order valence-corrected chi connectivity index (χ2v) is 4.45. The molecule has 3 heteroatoms. The fraction of sp³-hybridized carbons (Fsp3) is 0.0588. The van der Waals surface area contributed by atoms with Crippen molar-refractivity contribution in [2.24, 2.45) is 0 Å². The van der Waals surface area contributed by atoms with Crippen molar-refractivity contribution >= 4 is 16.6 Å². The Morgan fingerprint density at radius 2 is 1.80 bits per heavy atom. The monoisotopic (exact) mass is 263 g/mol. The van der Waals surface area contributed by atoms with Gasteiger partial charge in [-0.3, -0.25) is 4.79 Å². The van der Waals surface area contributed by atoms with E-state index >= 15 is 0 Å². The molecule has 3 nitrogen and oxygen atoms in total. The number of aromatic nitrogens is 1. The van der Waals surface area contributed by atoms with Gasteiger partial charge in [-0.05, 0) is 29.0 Å². The van der Waals surface area contributed by atoms with Crippen molar-refractivity contribution in [3.63, 3.8) is 0 Å². The van der Waals surface area contributed by atoms with E-state index in [1.807, 2.05) is 42.5 Å². The van der Waals surface area contributed by atoms with Crippen molar-refractivity contribution in [2.45, 2.75) is 0 Å². The maximum Gasteiger partial charge on any atom is 0.215 e. The van der Waals surface area contributed by atoms with Crippen molar-refractivity contribution in [3.8, 4) is 5.75 Å². The van der Waals surface area contributed by atoms with Crippen molar-refractivity contribution in [3.05, 3.63) is 72.1 Å². The molecule has 20 heavy (non-hydrogen) atoms. The molecule has 0 unspecified atom stereocenters. The average Bonchev–Trinajstić information content (AvgIpc) is 2.53. The smallest absolute Gasteiger partial charge is 0.215 e. The van der Waals surface area contributed by atoms with E-state index in [0.717, 1.165) is 10.8 Å². The number of benzene rings is 2. The van der Waals surface area contributed by atoms with Crippen molar-refractivity contribution in [2.75, 3.05) is 7.11 Å². The van der Waals surface area contributed by atoms with Gasteiger partial charge >= 0.3 is 0 Å². The number of rotatable bonds is 3. The number of nitrogens with zero attached hydrogens (tertiary/aromatic N) is 1. The van der Waals surface area contributed by atoms with E-state index < -0.39 is 0 Å². The second-order valence-electron chi connectivity index (χ2n) is 4.45. The molecule has 0 aliphatic rings. The minimum atomic E-state index is -0.131. The molecule has 0 N–H and O–H groups in total. The maximum atomic E-state index is 12.5. The summed E-state index contributed by atoms with van der Waals surface area (Å²) in [4.78, 5) is 16.7. The van der Waals surface area contributed by atoms with Gasteiger partial charge in [-0.2, -0.15) is 0 Å². The third-order valence-electron chi connectivity index (χ3n) is 3.22. The number of methoxy groups -OCH3 is 1. The molecule has 0 atom stereocenters. The lowest BCUT2D eigenvalue weighted by Crippen LogP contribution is -2.06. The summed E-state index contributed by atoms with van der Waals surface area (Å²) in [5.41, 5.74) is 0.950. The molecule has 3 aromatic rings. The molecule has 0 aliphatic carbocycles. The van der Waals surface area contributed by atoms with Gasteiger partial charge in [-0.15, -0.1) is 0 Å². The van der Waals surface area contributed by atoms with Crippen molar-refractivity contribution in [1.82, 2.24) is 4.98 Å². The van der Waals surface area contributed by atoms with Gasteiger partial charge in [-0.25, -0.2) is 4.98 Å². The number of hydrogen-bond acceptors (Lipinski definition) is 3. The van der Waals surface area contributed by atoms with Crippen LogP contribution in [0.15, 0.2) is 60.8 Å². The zero-order valence-corrected chi connectivity index (χ0v) is 11.0. The summed E-state index contributed by atoms with van der Waals surface area (Å²) in [5.74, 6) is 0.360. The van der Waals surface area contributed by atoms with Crippen LogP contribution >= 0.6 is 0 Å². The molecule has 0 saturated carbocycles. The van der Waals surface area contributed by atoms with Gasteiger partial charge in [0.15, 0.2) is 5.69 Å². The first-order valence-electron chi connectivity index (χ1n) is 6.32. The first kappa shape index (κ1) is 12.4. The van der Waals surface area contributed by atoms with E-state index in [1.165, 1.54) is 7.11 Å². The first-order chi connectivity index (χ1) is 9.79. The number of ketones is 1. The maximum absolute atomic E-state index is 12.5. The van der Waals surface area contributed by atoms with Crippen LogP contribution in [0.25, 0.3) is 10.8 Å². The highest BCUT2D eigenvalue weighted by molar-refractivity contribution is 6.10. The predicted octanol–water partition coefficient (Wildman–Crippen LogP) is 3.47. The summed E-state index contributed by atoms with van der Waals surface area (Å²) in [7, 11) is 1.54. The Morgan fingerprint density at radius 1 is 1.00 bits per heavy atom. The highest BCUT2D eigenvalue weighted by atomic mass is 16.5. The van der Waals surface area contributed by atoms with Gasteiger partial charge in [0.25, 0.3) is 0 Å². The third-order valence-corrected chi connectivity index (χ3v) is 3.22. The minimum absolute atomic E-state index is 0.131. The zero-order valence-electron chi connectivity index (χ0n) is 11.0. The topological polar surface area (TPSA) is 39.2 Å². The molecule has 3 rings (SSSR count). The average molecular weight is 263 g/mol. The molecular weight excluding hydrogens is 250 g/mol. The van der Waals surface area contributed by atoms with Crippen LogP contribution in [0.4, 0.5) is 0 Å². The highest BCUT2D eigenvalue weighted by Gasteiger charge is 2.15. The van der Waals surface area contributed by atoms with Crippen LogP contribution in [0.5, 0.6) is 5.75 Å². The van der Waals surface area contributed by atoms with Crippen molar-refractivity contribution < 1.29 is 9.53 Å². The Bertz CT molecular complexity index is 781. The quantitative estimate of drug-likeness (QED) is 0.679. The number of fused-ring (bicyclic) bond motifs is 1. The van der Waals surface area contributed by atoms with Gasteiger partial charge < -0.3 is 4.74 Å². The van der Waals surface area contributed by atoms with Gasteiger partial charge in [0.1, 0.15) is 5.75 Å². The molecule has 0 spiro atoms. The Hall–Kier alpha value is -2.68. The standard InChI is InChI=1S/C17H13NO2/c1-20-15-7-4-10-18-16(15)17(19)14-9-8-12-5-2-3-6-13(12)11-14/h2-11H,1H3. The van der Waals surface area contributed by atoms with Crippen LogP contribution in [0.1, 0.15) is 16.1 Å². The van der Waals surface area contributed by atoms with Crippen LogP contribution in [0.3, 0.4) is 0 Å². The van der Waals surface area contributed by atoms with Crippen LogP contribution < -0.4 is 4.74 Å². The van der Waals surface area contributed by atoms with Crippen LogP contribution in [0.2, 0.25) is 0 Å². The molecule has 0 aliphatic heterocycles. The molecule has 1 heterocycles. The molecular formula is C17H13NO2. The number of ether oxygens (including phenoxy) is 1. The lowest BCUT2D eigenvalue weighted by Gasteiger charge is -2.07. The van der Waals surface area contributed by atoms with Crippen LogP contribution in [0, 0.1) is 0 Å². The Kier molecular flexibility index (Phi) is 3.17. The number of pyridine rings is 1. The van der Waals surface area contributed by atoms with E-state index in [-0.39, 0.29) is 5.78 Å². The van der Waals surface area contributed by atoms with Gasteiger partial charge in [0.2, 0.25) is 5.78 Å². The summed E-state index contributed by atoms with van der Waals surface area (Å²) in [6.07, 6.45) is 1.59. The molecule has 2 aromatic carbocycles. The Balaban J connectivity index is 2.08. The molecule has 1 aromatic heterocycles.